The zero-order chi connectivity index (χ0) is 19.9. The average molecular weight is 396 g/mol. The Bertz CT molecular complexity index is 953. The molecule has 1 atom stereocenters. The highest BCUT2D eigenvalue weighted by Gasteiger charge is 2.11. The molecule has 3 rings (SSSR count). The summed E-state index contributed by atoms with van der Waals surface area (Å²) in [6.45, 7) is 3.84. The molecule has 0 spiro atoms. The third-order valence-corrected chi connectivity index (χ3v) is 5.43. The van der Waals surface area contributed by atoms with Gasteiger partial charge in [0, 0.05) is 12.5 Å². The maximum atomic E-state index is 12.4. The lowest BCUT2D eigenvalue weighted by Crippen LogP contribution is -2.34. The highest BCUT2D eigenvalue weighted by Crippen LogP contribution is 2.27. The van der Waals surface area contributed by atoms with Crippen LogP contribution in [0, 0.1) is 0 Å². The van der Waals surface area contributed by atoms with Crippen molar-refractivity contribution in [3.63, 3.8) is 0 Å². The fraction of sp³-hybridized carbons (Fsp3) is 0.318. The second-order valence-corrected chi connectivity index (χ2v) is 7.92. The van der Waals surface area contributed by atoms with Crippen LogP contribution in [0.15, 0.2) is 48.5 Å². The highest BCUT2D eigenvalue weighted by atomic mass is 32.1. The Kier molecular flexibility index (Phi) is 6.76. The lowest BCUT2D eigenvalue weighted by Gasteiger charge is -2.14. The number of nitrogens with one attached hydrogen (secondary N) is 2. The molecule has 6 heteroatoms. The summed E-state index contributed by atoms with van der Waals surface area (Å²) in [6.07, 6.45) is 2.61. The van der Waals surface area contributed by atoms with Gasteiger partial charge in [0.25, 0.3) is 0 Å². The Balaban J connectivity index is 1.54. The van der Waals surface area contributed by atoms with E-state index in [1.807, 2.05) is 43.3 Å². The zero-order valence-electron chi connectivity index (χ0n) is 16.2. The minimum atomic E-state index is -0.0526. The molecule has 0 fully saturated rings. The molecule has 146 valence electrons. The molecule has 1 heterocycles. The molecule has 0 aliphatic heterocycles. The third kappa shape index (κ3) is 5.63. The van der Waals surface area contributed by atoms with Crippen LogP contribution in [0.25, 0.3) is 10.2 Å². The number of amides is 2. The van der Waals surface area contributed by atoms with E-state index in [0.29, 0.717) is 18.0 Å². The largest absolute Gasteiger partial charge is 0.353 e. The van der Waals surface area contributed by atoms with Gasteiger partial charge in [-0.1, -0.05) is 54.7 Å². The fourth-order valence-electron chi connectivity index (χ4n) is 2.95. The van der Waals surface area contributed by atoms with Gasteiger partial charge in [-0.05, 0) is 43.0 Å². The van der Waals surface area contributed by atoms with E-state index in [-0.39, 0.29) is 17.9 Å². The van der Waals surface area contributed by atoms with Gasteiger partial charge in [0.05, 0.1) is 16.6 Å². The predicted molar refractivity (Wildman–Crippen MR) is 115 cm³/mol. The summed E-state index contributed by atoms with van der Waals surface area (Å²) in [5, 5.41) is 6.46. The van der Waals surface area contributed by atoms with Gasteiger partial charge in [0.15, 0.2) is 5.13 Å². The lowest BCUT2D eigenvalue weighted by molar-refractivity contribution is -0.121. The maximum Gasteiger partial charge on any atom is 0.225 e. The van der Waals surface area contributed by atoms with Crippen LogP contribution in [0.5, 0.6) is 0 Å². The molecule has 0 saturated heterocycles. The molecule has 5 nitrogen and oxygen atoms in total. The van der Waals surface area contributed by atoms with Crippen LogP contribution >= 0.6 is 11.3 Å². The number of benzene rings is 2. The molecule has 0 bridgehead atoms. The first-order valence-corrected chi connectivity index (χ1v) is 10.4. The zero-order valence-corrected chi connectivity index (χ0v) is 17.0. The molecule has 0 aliphatic carbocycles. The fourth-order valence-corrected chi connectivity index (χ4v) is 3.90. The monoisotopic (exact) mass is 395 g/mol. The van der Waals surface area contributed by atoms with Crippen molar-refractivity contribution in [1.82, 2.24) is 10.3 Å². The quantitative estimate of drug-likeness (QED) is 0.596. The first-order chi connectivity index (χ1) is 13.5. The van der Waals surface area contributed by atoms with Gasteiger partial charge in [-0.15, -0.1) is 0 Å². The van der Waals surface area contributed by atoms with E-state index >= 15 is 0 Å². The van der Waals surface area contributed by atoms with Crippen molar-refractivity contribution >= 4 is 38.5 Å². The topological polar surface area (TPSA) is 71.1 Å². The number of hydrogen-bond donors (Lipinski definition) is 2. The van der Waals surface area contributed by atoms with E-state index in [1.165, 1.54) is 16.9 Å². The van der Waals surface area contributed by atoms with Gasteiger partial charge in [0.2, 0.25) is 11.8 Å². The number of fused-ring (bicyclic) bond motifs is 1. The summed E-state index contributed by atoms with van der Waals surface area (Å²) >= 11 is 1.43. The first-order valence-electron chi connectivity index (χ1n) is 9.56. The van der Waals surface area contributed by atoms with Crippen molar-refractivity contribution in [3.8, 4) is 0 Å². The minimum absolute atomic E-state index is 0.0175. The van der Waals surface area contributed by atoms with Crippen molar-refractivity contribution in [2.24, 2.45) is 0 Å². The SMILES string of the molecule is CCC(=O)Nc1nc2ccc(CC(=O)N[C@H](C)CCc3ccccc3)cc2s1. The molecule has 2 amide bonds. The summed E-state index contributed by atoms with van der Waals surface area (Å²) in [5.41, 5.74) is 3.05. The van der Waals surface area contributed by atoms with E-state index in [0.717, 1.165) is 28.6 Å². The van der Waals surface area contributed by atoms with Gasteiger partial charge in [-0.3, -0.25) is 9.59 Å². The summed E-state index contributed by atoms with van der Waals surface area (Å²) in [5.74, 6) is -0.0351. The van der Waals surface area contributed by atoms with E-state index in [4.69, 9.17) is 0 Å². The maximum absolute atomic E-state index is 12.4. The van der Waals surface area contributed by atoms with Gasteiger partial charge >= 0.3 is 0 Å². The van der Waals surface area contributed by atoms with Crippen LogP contribution in [-0.4, -0.2) is 22.8 Å². The molecule has 0 saturated carbocycles. The third-order valence-electron chi connectivity index (χ3n) is 4.50. The summed E-state index contributed by atoms with van der Waals surface area (Å²) in [7, 11) is 0. The number of rotatable bonds is 8. The predicted octanol–water partition coefficient (Wildman–Crippen LogP) is 4.32. The van der Waals surface area contributed by atoms with E-state index in [9.17, 15) is 9.59 Å². The average Bonchev–Trinajstić information content (AvgIpc) is 3.08. The normalized spacial score (nSPS) is 11.9. The van der Waals surface area contributed by atoms with Crippen molar-refractivity contribution in [1.29, 1.82) is 0 Å². The van der Waals surface area contributed by atoms with Gasteiger partial charge in [-0.25, -0.2) is 4.98 Å². The summed E-state index contributed by atoms with van der Waals surface area (Å²) in [4.78, 5) is 28.3. The number of aryl methyl sites for hydroxylation is 1. The first kappa shape index (κ1) is 20.0. The molecule has 1 aromatic heterocycles. The number of aromatic nitrogens is 1. The van der Waals surface area contributed by atoms with Crippen LogP contribution in [0.1, 0.15) is 37.8 Å². The van der Waals surface area contributed by atoms with E-state index in [1.54, 1.807) is 6.92 Å². The summed E-state index contributed by atoms with van der Waals surface area (Å²) < 4.78 is 0.967. The second kappa shape index (κ2) is 9.46. The van der Waals surface area contributed by atoms with Crippen molar-refractivity contribution < 1.29 is 9.59 Å². The Morgan fingerprint density at radius 3 is 2.61 bits per heavy atom. The van der Waals surface area contributed by atoms with Crippen molar-refractivity contribution in [2.75, 3.05) is 5.32 Å². The smallest absolute Gasteiger partial charge is 0.225 e. The highest BCUT2D eigenvalue weighted by molar-refractivity contribution is 7.22. The van der Waals surface area contributed by atoms with Crippen LogP contribution in [0.2, 0.25) is 0 Å². The second-order valence-electron chi connectivity index (χ2n) is 6.89. The van der Waals surface area contributed by atoms with Gasteiger partial charge in [-0.2, -0.15) is 0 Å². The Labute approximate surface area is 169 Å². The molecular formula is C22H25N3O2S. The molecule has 2 N–H and O–H groups in total. The van der Waals surface area contributed by atoms with Gasteiger partial charge < -0.3 is 10.6 Å². The molecule has 0 unspecified atom stereocenters. The molecule has 2 aromatic carbocycles. The molecule has 0 radical (unpaired) electrons. The standard InChI is InChI=1S/C22H25N3O2S/c1-3-20(26)25-22-24-18-12-11-17(13-19(18)28-22)14-21(27)23-15(2)9-10-16-7-5-4-6-8-16/h4-8,11-13,15H,3,9-10,14H2,1-2H3,(H,23,27)(H,24,25,26)/t15-/m1/s1. The van der Waals surface area contributed by atoms with Crippen molar-refractivity contribution in [3.05, 3.63) is 59.7 Å². The Morgan fingerprint density at radius 1 is 1.07 bits per heavy atom. The van der Waals surface area contributed by atoms with Gasteiger partial charge in [0.1, 0.15) is 0 Å². The lowest BCUT2D eigenvalue weighted by atomic mass is 10.1. The number of thiazole rings is 1. The molecule has 28 heavy (non-hydrogen) atoms. The number of anilines is 1. The van der Waals surface area contributed by atoms with E-state index < -0.39 is 0 Å². The molecule has 3 aromatic rings. The molecule has 0 aliphatic rings. The number of nitrogens with zero attached hydrogens (tertiary/aromatic N) is 1. The van der Waals surface area contributed by atoms with Crippen molar-refractivity contribution in [2.45, 2.75) is 45.6 Å². The number of carbonyl (C=O) groups excluding carboxylic acids is 2. The van der Waals surface area contributed by atoms with Crippen LogP contribution in [0.4, 0.5) is 5.13 Å². The number of carbonyl (C=O) groups is 2. The summed E-state index contributed by atoms with van der Waals surface area (Å²) in [6, 6.07) is 16.2. The Morgan fingerprint density at radius 2 is 1.86 bits per heavy atom. The Hall–Kier alpha value is -2.73. The minimum Gasteiger partial charge on any atom is -0.353 e. The molecular weight excluding hydrogens is 370 g/mol. The van der Waals surface area contributed by atoms with Crippen LogP contribution < -0.4 is 10.6 Å². The van der Waals surface area contributed by atoms with Crippen LogP contribution in [-0.2, 0) is 22.4 Å². The van der Waals surface area contributed by atoms with Crippen LogP contribution in [0.3, 0.4) is 0 Å². The number of hydrogen-bond acceptors (Lipinski definition) is 4. The van der Waals surface area contributed by atoms with E-state index in [2.05, 4.69) is 27.8 Å².